The highest BCUT2D eigenvalue weighted by molar-refractivity contribution is 7.14. The molecule has 0 fully saturated rings. The van der Waals surface area contributed by atoms with E-state index in [1.165, 1.54) is 43.8 Å². The van der Waals surface area contributed by atoms with E-state index in [1.54, 1.807) is 0 Å². The van der Waals surface area contributed by atoms with Crippen molar-refractivity contribution in [3.05, 3.63) is 127 Å². The van der Waals surface area contributed by atoms with Crippen LogP contribution < -0.4 is 0 Å². The Balaban J connectivity index is 1.40. The van der Waals surface area contributed by atoms with Crippen molar-refractivity contribution in [1.82, 2.24) is 14.0 Å². The lowest BCUT2D eigenvalue weighted by atomic mass is 9.84. The van der Waals surface area contributed by atoms with Gasteiger partial charge in [0.05, 0.1) is 22.1 Å². The third kappa shape index (κ3) is 2.84. The second-order valence-corrected chi connectivity index (χ2v) is 11.0. The van der Waals surface area contributed by atoms with Gasteiger partial charge in [-0.25, -0.2) is 4.98 Å². The second-order valence-electron chi connectivity index (χ2n) is 10.0. The summed E-state index contributed by atoms with van der Waals surface area (Å²) in [5.74, 6) is 0.929. The minimum Gasteiger partial charge on any atom is -0.278 e. The Hall–Kier alpha value is -4.93. The zero-order valence-electron chi connectivity index (χ0n) is 20.9. The summed E-state index contributed by atoms with van der Waals surface area (Å²) in [7, 11) is 0. The quantitative estimate of drug-likeness (QED) is 0.213. The molecule has 9 rings (SSSR count). The molecule has 182 valence electrons. The smallest absolute Gasteiger partial charge is 0.220 e. The molecule has 0 unspecified atom stereocenters. The monoisotopic (exact) mass is 515 g/mol. The number of para-hydroxylation sites is 4. The third-order valence-corrected chi connectivity index (χ3v) is 8.95. The number of hydrogen-bond acceptors (Lipinski definition) is 2. The Kier molecular flexibility index (Phi) is 4.21. The number of aromatic nitrogens is 3. The molecule has 0 amide bonds. The maximum atomic E-state index is 5.10. The van der Waals surface area contributed by atoms with Gasteiger partial charge in [0, 0.05) is 21.7 Å². The van der Waals surface area contributed by atoms with Crippen LogP contribution in [0.2, 0.25) is 0 Å². The molecule has 5 aromatic carbocycles. The number of imidazole rings is 2. The van der Waals surface area contributed by atoms with E-state index in [9.17, 15) is 0 Å². The lowest BCUT2D eigenvalue weighted by Gasteiger charge is -2.21. The molecular weight excluding hydrogens is 494 g/mol. The van der Waals surface area contributed by atoms with Crippen molar-refractivity contribution in [1.29, 1.82) is 0 Å². The van der Waals surface area contributed by atoms with E-state index in [2.05, 4.69) is 136 Å². The van der Waals surface area contributed by atoms with Gasteiger partial charge >= 0.3 is 0 Å². The normalized spacial score (nSPS) is 12.1. The topological polar surface area (TPSA) is 22.2 Å². The first-order valence-electron chi connectivity index (χ1n) is 13.1. The fraction of sp³-hybridized carbons (Fsp3) is 0. The van der Waals surface area contributed by atoms with E-state index in [0.717, 1.165) is 33.5 Å². The number of rotatable bonds is 1. The lowest BCUT2D eigenvalue weighted by molar-refractivity contribution is 1.11. The van der Waals surface area contributed by atoms with E-state index >= 15 is 0 Å². The van der Waals surface area contributed by atoms with Gasteiger partial charge in [-0.3, -0.25) is 8.97 Å². The zero-order valence-corrected chi connectivity index (χ0v) is 21.7. The molecule has 0 radical (unpaired) electrons. The largest absolute Gasteiger partial charge is 0.278 e. The van der Waals surface area contributed by atoms with Gasteiger partial charge in [0.2, 0.25) is 5.78 Å². The van der Waals surface area contributed by atoms with Gasteiger partial charge in [-0.2, -0.15) is 0 Å². The Labute approximate surface area is 228 Å². The van der Waals surface area contributed by atoms with Crippen LogP contribution in [0.5, 0.6) is 0 Å². The van der Waals surface area contributed by atoms with Crippen LogP contribution in [0.1, 0.15) is 0 Å². The number of hydrogen-bond donors (Lipinski definition) is 0. The first kappa shape index (κ1) is 21.1. The molecule has 1 aliphatic rings. The van der Waals surface area contributed by atoms with Gasteiger partial charge in [-0.05, 0) is 75.7 Å². The second kappa shape index (κ2) is 7.79. The summed E-state index contributed by atoms with van der Waals surface area (Å²) in [4.78, 5) is 6.43. The van der Waals surface area contributed by atoms with Crippen LogP contribution in [0.15, 0.2) is 127 Å². The summed E-state index contributed by atoms with van der Waals surface area (Å²) in [6.07, 6.45) is 0. The van der Waals surface area contributed by atoms with Crippen LogP contribution in [-0.4, -0.2) is 14.0 Å². The minimum atomic E-state index is 0.929. The minimum absolute atomic E-state index is 0.929. The fourth-order valence-electron chi connectivity index (χ4n) is 6.33. The highest BCUT2D eigenvalue weighted by atomic mass is 32.1. The molecule has 0 N–H and O–H groups in total. The zero-order chi connectivity index (χ0) is 25.5. The Bertz CT molecular complexity index is 2240. The number of fused-ring (bicyclic) bond motifs is 13. The molecule has 0 saturated heterocycles. The number of nitrogens with zero attached hydrogens (tertiary/aromatic N) is 3. The molecule has 39 heavy (non-hydrogen) atoms. The molecule has 0 aliphatic heterocycles. The van der Waals surface area contributed by atoms with E-state index in [0.29, 0.717) is 0 Å². The molecule has 1 aliphatic carbocycles. The average molecular weight is 516 g/mol. The van der Waals surface area contributed by atoms with Crippen LogP contribution in [0.4, 0.5) is 0 Å². The molecule has 0 bridgehead atoms. The fourth-order valence-corrected chi connectivity index (χ4v) is 7.28. The van der Waals surface area contributed by atoms with Crippen molar-refractivity contribution >= 4 is 39.2 Å². The van der Waals surface area contributed by atoms with Gasteiger partial charge in [-0.1, -0.05) is 78.9 Å². The van der Waals surface area contributed by atoms with E-state index in [1.807, 2.05) is 11.3 Å². The molecule has 3 nitrogen and oxygen atoms in total. The van der Waals surface area contributed by atoms with Crippen molar-refractivity contribution in [2.75, 3.05) is 0 Å². The summed E-state index contributed by atoms with van der Waals surface area (Å²) < 4.78 is 4.59. The van der Waals surface area contributed by atoms with E-state index < -0.39 is 0 Å². The van der Waals surface area contributed by atoms with Crippen LogP contribution >= 0.6 is 11.3 Å². The predicted molar refractivity (Wildman–Crippen MR) is 163 cm³/mol. The summed E-state index contributed by atoms with van der Waals surface area (Å²) >= 11 is 1.82. The third-order valence-electron chi connectivity index (χ3n) is 8.00. The summed E-state index contributed by atoms with van der Waals surface area (Å²) in [6, 6.07) is 43.8. The first-order valence-corrected chi connectivity index (χ1v) is 14.0. The van der Waals surface area contributed by atoms with Crippen molar-refractivity contribution in [2.45, 2.75) is 0 Å². The summed E-state index contributed by atoms with van der Waals surface area (Å²) in [5.41, 5.74) is 14.4. The number of thiophene rings is 1. The van der Waals surface area contributed by atoms with Gasteiger partial charge in [0.25, 0.3) is 0 Å². The maximum absolute atomic E-state index is 5.10. The Morgan fingerprint density at radius 1 is 0.487 bits per heavy atom. The standard InChI is InChI=1S/C35H21N3S/c1-2-11-25-23(9-1)24-10-3-4-12-27(24)34-28(19-20-39-34)26-18-17-22(21-29(25)26)37-32-15-7-8-16-33(32)38-31-14-6-5-13-30(31)36-35(37)38/h1-21H. The lowest BCUT2D eigenvalue weighted by Crippen LogP contribution is -1.99. The van der Waals surface area contributed by atoms with Crippen LogP contribution in [-0.2, 0) is 0 Å². The molecule has 3 heterocycles. The first-order chi connectivity index (χ1) is 19.4. The van der Waals surface area contributed by atoms with Gasteiger partial charge in [0.1, 0.15) is 0 Å². The molecule has 4 heteroatoms. The molecule has 0 saturated carbocycles. The summed E-state index contributed by atoms with van der Waals surface area (Å²) in [5, 5.41) is 2.22. The van der Waals surface area contributed by atoms with Crippen molar-refractivity contribution in [2.24, 2.45) is 0 Å². The molecule has 0 atom stereocenters. The molecular formula is C35H21N3S. The van der Waals surface area contributed by atoms with Gasteiger partial charge < -0.3 is 0 Å². The molecule has 8 aromatic rings. The Morgan fingerprint density at radius 3 is 1.92 bits per heavy atom. The number of benzene rings is 5. The Morgan fingerprint density at radius 2 is 1.10 bits per heavy atom. The molecule has 0 spiro atoms. The SMILES string of the molecule is c1ccc2c(c1)-c1cc(-n3c4ccccc4n4c5ccccc5nc34)ccc1-c1ccsc1-c1ccccc1-2. The highest BCUT2D eigenvalue weighted by Crippen LogP contribution is 2.50. The van der Waals surface area contributed by atoms with Crippen molar-refractivity contribution in [3.8, 4) is 49.5 Å². The van der Waals surface area contributed by atoms with E-state index in [-0.39, 0.29) is 0 Å². The highest BCUT2D eigenvalue weighted by Gasteiger charge is 2.24. The van der Waals surface area contributed by atoms with Crippen LogP contribution in [0.3, 0.4) is 0 Å². The van der Waals surface area contributed by atoms with Crippen molar-refractivity contribution in [3.63, 3.8) is 0 Å². The van der Waals surface area contributed by atoms with Crippen LogP contribution in [0, 0.1) is 0 Å². The van der Waals surface area contributed by atoms with Gasteiger partial charge in [-0.15, -0.1) is 11.3 Å². The van der Waals surface area contributed by atoms with Gasteiger partial charge in [0.15, 0.2) is 0 Å². The maximum Gasteiger partial charge on any atom is 0.220 e. The van der Waals surface area contributed by atoms with E-state index in [4.69, 9.17) is 4.98 Å². The summed E-state index contributed by atoms with van der Waals surface area (Å²) in [6.45, 7) is 0. The van der Waals surface area contributed by atoms with Crippen LogP contribution in [0.25, 0.3) is 77.4 Å². The predicted octanol–water partition coefficient (Wildman–Crippen LogP) is 9.47. The van der Waals surface area contributed by atoms with Crippen molar-refractivity contribution < 1.29 is 0 Å². The molecule has 3 aromatic heterocycles. The average Bonchev–Trinajstić information content (AvgIpc) is 3.69.